The fourth-order valence-electron chi connectivity index (χ4n) is 2.72. The molecule has 116 valence electrons. The van der Waals surface area contributed by atoms with E-state index in [-0.39, 0.29) is 18.1 Å². The summed E-state index contributed by atoms with van der Waals surface area (Å²) in [7, 11) is 1.83. The van der Waals surface area contributed by atoms with Gasteiger partial charge in [0.05, 0.1) is 6.04 Å². The van der Waals surface area contributed by atoms with Crippen LogP contribution in [0.5, 0.6) is 0 Å². The number of carbonyl (C=O) groups excluding carboxylic acids is 1. The van der Waals surface area contributed by atoms with Crippen LogP contribution in [0.25, 0.3) is 0 Å². The maximum Gasteiger partial charge on any atom is 0.272 e. The second-order valence-corrected chi connectivity index (χ2v) is 5.59. The molecule has 1 amide bonds. The van der Waals surface area contributed by atoms with Crippen LogP contribution in [0.1, 0.15) is 40.7 Å². The van der Waals surface area contributed by atoms with Crippen molar-refractivity contribution in [1.29, 1.82) is 0 Å². The molecule has 1 aliphatic rings. The van der Waals surface area contributed by atoms with Gasteiger partial charge in [-0.3, -0.25) is 14.5 Å². The van der Waals surface area contributed by atoms with Crippen molar-refractivity contribution >= 4 is 5.91 Å². The molecule has 0 aromatic carbocycles. The molecular weight excluding hydrogens is 280 g/mol. The summed E-state index contributed by atoms with van der Waals surface area (Å²) in [6.45, 7) is 2.63. The van der Waals surface area contributed by atoms with Gasteiger partial charge < -0.3 is 10.1 Å². The predicted molar refractivity (Wildman–Crippen MR) is 81.4 cm³/mol. The number of aromatic nitrogens is 3. The topological polar surface area (TPSA) is 69.0 Å². The molecule has 1 fully saturated rings. The van der Waals surface area contributed by atoms with Gasteiger partial charge in [-0.25, -0.2) is 0 Å². The van der Waals surface area contributed by atoms with Gasteiger partial charge in [0.2, 0.25) is 0 Å². The van der Waals surface area contributed by atoms with E-state index in [1.807, 2.05) is 26.1 Å². The number of nitrogens with one attached hydrogen (secondary N) is 1. The van der Waals surface area contributed by atoms with Crippen molar-refractivity contribution < 1.29 is 9.53 Å². The number of hydrogen-bond acceptors (Lipinski definition) is 4. The van der Waals surface area contributed by atoms with Crippen molar-refractivity contribution in [3.8, 4) is 0 Å². The number of carbonyl (C=O) groups is 1. The Bertz CT molecular complexity index is 634. The number of ether oxygens (including phenoxy) is 1. The third-order valence-corrected chi connectivity index (χ3v) is 4.02. The van der Waals surface area contributed by atoms with Gasteiger partial charge in [0.15, 0.2) is 0 Å². The van der Waals surface area contributed by atoms with Crippen molar-refractivity contribution in [1.82, 2.24) is 20.1 Å². The lowest BCUT2D eigenvalue weighted by Gasteiger charge is -2.32. The van der Waals surface area contributed by atoms with Crippen LogP contribution >= 0.6 is 0 Å². The monoisotopic (exact) mass is 300 g/mol. The molecule has 22 heavy (non-hydrogen) atoms. The first-order valence-corrected chi connectivity index (χ1v) is 7.48. The summed E-state index contributed by atoms with van der Waals surface area (Å²) in [4.78, 5) is 16.4. The molecule has 1 aliphatic heterocycles. The van der Waals surface area contributed by atoms with Crippen LogP contribution in [0.15, 0.2) is 30.6 Å². The van der Waals surface area contributed by atoms with Gasteiger partial charge in [0, 0.05) is 31.7 Å². The lowest BCUT2D eigenvalue weighted by molar-refractivity contribution is -0.00956. The fourth-order valence-corrected chi connectivity index (χ4v) is 2.72. The third kappa shape index (κ3) is 3.01. The van der Waals surface area contributed by atoms with Gasteiger partial charge in [-0.1, -0.05) is 0 Å². The van der Waals surface area contributed by atoms with Crippen LogP contribution in [0, 0.1) is 6.92 Å². The first kappa shape index (κ1) is 14.7. The highest BCUT2D eigenvalue weighted by Crippen LogP contribution is 2.28. The molecule has 0 radical (unpaired) electrons. The molecular formula is C16H20N4O2. The van der Waals surface area contributed by atoms with Gasteiger partial charge in [0.25, 0.3) is 5.91 Å². The number of aryl methyl sites for hydroxylation is 2. The van der Waals surface area contributed by atoms with Crippen molar-refractivity contribution in [2.24, 2.45) is 7.05 Å². The van der Waals surface area contributed by atoms with Gasteiger partial charge >= 0.3 is 0 Å². The Hall–Kier alpha value is -2.21. The zero-order chi connectivity index (χ0) is 15.5. The molecule has 0 spiro atoms. The summed E-state index contributed by atoms with van der Waals surface area (Å²) >= 11 is 0. The van der Waals surface area contributed by atoms with Gasteiger partial charge in [-0.15, -0.1) is 0 Å². The third-order valence-electron chi connectivity index (χ3n) is 4.02. The minimum Gasteiger partial charge on any atom is -0.371 e. The first-order chi connectivity index (χ1) is 10.6. The van der Waals surface area contributed by atoms with E-state index in [4.69, 9.17) is 4.74 Å². The molecule has 6 heteroatoms. The van der Waals surface area contributed by atoms with E-state index in [1.54, 1.807) is 23.1 Å². The Labute approximate surface area is 129 Å². The van der Waals surface area contributed by atoms with E-state index in [9.17, 15) is 4.79 Å². The second kappa shape index (κ2) is 6.27. The molecule has 3 heterocycles. The maximum absolute atomic E-state index is 12.4. The molecule has 1 saturated heterocycles. The van der Waals surface area contributed by atoms with Crippen molar-refractivity contribution in [3.05, 3.63) is 47.5 Å². The maximum atomic E-state index is 12.4. The summed E-state index contributed by atoms with van der Waals surface area (Å²) in [6.07, 6.45) is 5.19. The zero-order valence-corrected chi connectivity index (χ0v) is 12.8. The van der Waals surface area contributed by atoms with Crippen LogP contribution < -0.4 is 5.32 Å². The molecule has 0 aliphatic carbocycles. The molecule has 2 aromatic heterocycles. The molecule has 0 bridgehead atoms. The Morgan fingerprint density at radius 3 is 2.86 bits per heavy atom. The van der Waals surface area contributed by atoms with E-state index >= 15 is 0 Å². The normalized spacial score (nSPS) is 21.5. The largest absolute Gasteiger partial charge is 0.371 e. The van der Waals surface area contributed by atoms with E-state index in [2.05, 4.69) is 15.4 Å². The summed E-state index contributed by atoms with van der Waals surface area (Å²) in [5.41, 5.74) is 2.44. The highest BCUT2D eigenvalue weighted by Gasteiger charge is 2.29. The first-order valence-electron chi connectivity index (χ1n) is 7.48. The van der Waals surface area contributed by atoms with E-state index in [0.29, 0.717) is 12.3 Å². The SMILES string of the molecule is Cc1cc(C(=O)N[C@H]2CCCO[C@@H]2c2ccncc2)nn1C. The van der Waals surface area contributed by atoms with E-state index < -0.39 is 0 Å². The quantitative estimate of drug-likeness (QED) is 0.938. The molecule has 2 atom stereocenters. The molecule has 1 N–H and O–H groups in total. The Morgan fingerprint density at radius 2 is 2.18 bits per heavy atom. The number of nitrogens with zero attached hydrogens (tertiary/aromatic N) is 3. The Morgan fingerprint density at radius 1 is 1.41 bits per heavy atom. The summed E-state index contributed by atoms with van der Waals surface area (Å²) < 4.78 is 7.58. The molecule has 3 rings (SSSR count). The smallest absolute Gasteiger partial charge is 0.272 e. The van der Waals surface area contributed by atoms with Crippen LogP contribution in [0.3, 0.4) is 0 Å². The Kier molecular flexibility index (Phi) is 4.20. The summed E-state index contributed by atoms with van der Waals surface area (Å²) in [5.74, 6) is -0.154. The number of rotatable bonds is 3. The summed E-state index contributed by atoms with van der Waals surface area (Å²) in [5, 5.41) is 7.29. The number of amides is 1. The molecule has 2 aromatic rings. The lowest BCUT2D eigenvalue weighted by atomic mass is 9.96. The van der Waals surface area contributed by atoms with E-state index in [1.165, 1.54) is 0 Å². The standard InChI is InChI=1S/C16H20N4O2/c1-11-10-14(19-20(11)2)16(21)18-13-4-3-9-22-15(13)12-5-7-17-8-6-12/h5-8,10,13,15H,3-4,9H2,1-2H3,(H,18,21)/t13-,15+/m0/s1. The average Bonchev–Trinajstić information content (AvgIpc) is 2.88. The number of hydrogen-bond donors (Lipinski definition) is 1. The lowest BCUT2D eigenvalue weighted by Crippen LogP contribution is -2.42. The van der Waals surface area contributed by atoms with Crippen LogP contribution in [0.4, 0.5) is 0 Å². The minimum atomic E-state index is -0.154. The molecule has 0 saturated carbocycles. The van der Waals surface area contributed by atoms with Gasteiger partial charge in [-0.05, 0) is 43.5 Å². The molecule has 0 unspecified atom stereocenters. The van der Waals surface area contributed by atoms with Gasteiger partial charge in [-0.2, -0.15) is 5.10 Å². The van der Waals surface area contributed by atoms with Gasteiger partial charge in [0.1, 0.15) is 11.8 Å². The zero-order valence-electron chi connectivity index (χ0n) is 12.8. The average molecular weight is 300 g/mol. The van der Waals surface area contributed by atoms with Crippen LogP contribution in [-0.4, -0.2) is 33.3 Å². The van der Waals surface area contributed by atoms with Crippen LogP contribution in [0.2, 0.25) is 0 Å². The number of pyridine rings is 1. The minimum absolute atomic E-state index is 0.0500. The summed E-state index contributed by atoms with van der Waals surface area (Å²) in [6, 6.07) is 5.60. The predicted octanol–water partition coefficient (Wildman–Crippen LogP) is 1.77. The highest BCUT2D eigenvalue weighted by atomic mass is 16.5. The molecule has 6 nitrogen and oxygen atoms in total. The second-order valence-electron chi connectivity index (χ2n) is 5.59. The van der Waals surface area contributed by atoms with Crippen LogP contribution in [-0.2, 0) is 11.8 Å². The van der Waals surface area contributed by atoms with Crippen molar-refractivity contribution in [3.63, 3.8) is 0 Å². The van der Waals surface area contributed by atoms with Crippen molar-refractivity contribution in [2.75, 3.05) is 6.61 Å². The van der Waals surface area contributed by atoms with Crippen molar-refractivity contribution in [2.45, 2.75) is 31.9 Å². The highest BCUT2D eigenvalue weighted by molar-refractivity contribution is 5.92. The Balaban J connectivity index is 1.75. The fraction of sp³-hybridized carbons (Fsp3) is 0.438. The van der Waals surface area contributed by atoms with E-state index in [0.717, 1.165) is 24.1 Å².